The molecule has 19 heavy (non-hydrogen) atoms. The monoisotopic (exact) mass is 270 g/mol. The summed E-state index contributed by atoms with van der Waals surface area (Å²) < 4.78 is 28.0. The average molecular weight is 270 g/mol. The number of nitrogens with zero attached hydrogens (tertiary/aromatic N) is 2. The largest absolute Gasteiger partial charge is 0.393 e. The molecule has 0 radical (unpaired) electrons. The van der Waals surface area contributed by atoms with Gasteiger partial charge < -0.3 is 10.0 Å². The van der Waals surface area contributed by atoms with Gasteiger partial charge >= 0.3 is 5.92 Å². The van der Waals surface area contributed by atoms with Crippen LogP contribution in [0.3, 0.4) is 0 Å². The van der Waals surface area contributed by atoms with Crippen LogP contribution in [-0.4, -0.2) is 40.1 Å². The number of carbonyl (C=O) groups excluding carboxylic acids is 1. The highest BCUT2D eigenvalue weighted by Crippen LogP contribution is 2.31. The smallest absolute Gasteiger partial charge is 0.366 e. The summed E-state index contributed by atoms with van der Waals surface area (Å²) in [6.45, 7) is 2.02. The first kappa shape index (κ1) is 13.9. The summed E-state index contributed by atoms with van der Waals surface area (Å²) in [5, 5.41) is 9.43. The summed E-state index contributed by atoms with van der Waals surface area (Å²) in [5.41, 5.74) is -0.541. The normalized spacial score (nSPS) is 21.5. The van der Waals surface area contributed by atoms with Gasteiger partial charge in [-0.05, 0) is 25.5 Å². The lowest BCUT2D eigenvalue weighted by Crippen LogP contribution is -2.41. The van der Waals surface area contributed by atoms with Gasteiger partial charge in [-0.1, -0.05) is 6.07 Å². The van der Waals surface area contributed by atoms with E-state index in [0.717, 1.165) is 11.0 Å². The number of hydrogen-bond acceptors (Lipinski definition) is 3. The summed E-state index contributed by atoms with van der Waals surface area (Å²) in [6, 6.07) is 4.08. The van der Waals surface area contributed by atoms with Crippen LogP contribution in [0, 0.1) is 5.92 Å². The molecular weight excluding hydrogens is 254 g/mol. The van der Waals surface area contributed by atoms with E-state index in [1.807, 2.05) is 0 Å². The van der Waals surface area contributed by atoms with Crippen LogP contribution in [0.1, 0.15) is 19.0 Å². The van der Waals surface area contributed by atoms with Crippen molar-refractivity contribution in [3.63, 3.8) is 0 Å². The number of alkyl halides is 2. The molecule has 0 spiro atoms. The Morgan fingerprint density at radius 2 is 2.32 bits per heavy atom. The number of hydrogen-bond donors (Lipinski definition) is 1. The molecule has 1 aromatic heterocycles. The van der Waals surface area contributed by atoms with Crippen molar-refractivity contribution in [1.29, 1.82) is 0 Å². The minimum atomic E-state index is -3.62. The van der Waals surface area contributed by atoms with Gasteiger partial charge in [0.1, 0.15) is 5.69 Å². The maximum atomic E-state index is 14.0. The van der Waals surface area contributed by atoms with Crippen LogP contribution in [0.2, 0.25) is 0 Å². The SMILES string of the molecule is CC(O)C1CCN(C(=O)C(F)(F)c2ccccn2)C1. The first-order valence-electron chi connectivity index (χ1n) is 6.19. The fourth-order valence-corrected chi connectivity index (χ4v) is 2.22. The zero-order chi connectivity index (χ0) is 14.0. The van der Waals surface area contributed by atoms with E-state index >= 15 is 0 Å². The Kier molecular flexibility index (Phi) is 3.80. The third-order valence-electron chi connectivity index (χ3n) is 3.45. The third-order valence-corrected chi connectivity index (χ3v) is 3.45. The Morgan fingerprint density at radius 3 is 2.84 bits per heavy atom. The number of rotatable bonds is 3. The van der Waals surface area contributed by atoms with Crippen LogP contribution in [-0.2, 0) is 10.7 Å². The van der Waals surface area contributed by atoms with E-state index in [1.165, 1.54) is 18.3 Å². The zero-order valence-electron chi connectivity index (χ0n) is 10.6. The standard InChI is InChI=1S/C13H16F2N2O2/c1-9(18)10-5-7-17(8-10)12(19)13(14,15)11-4-2-3-6-16-11/h2-4,6,9-10,18H,5,7-8H2,1H3. The predicted octanol–water partition coefficient (Wildman–Crippen LogP) is 1.40. The number of aliphatic hydroxyl groups excluding tert-OH is 1. The van der Waals surface area contributed by atoms with E-state index in [9.17, 15) is 18.7 Å². The number of halogens is 2. The van der Waals surface area contributed by atoms with Crippen molar-refractivity contribution in [2.45, 2.75) is 25.4 Å². The summed E-state index contributed by atoms with van der Waals surface area (Å²) >= 11 is 0. The third kappa shape index (κ3) is 2.73. The molecule has 0 bridgehead atoms. The fraction of sp³-hybridized carbons (Fsp3) is 0.538. The van der Waals surface area contributed by atoms with E-state index in [0.29, 0.717) is 6.42 Å². The van der Waals surface area contributed by atoms with Crippen LogP contribution >= 0.6 is 0 Å². The van der Waals surface area contributed by atoms with Gasteiger partial charge in [-0.2, -0.15) is 8.78 Å². The summed E-state index contributed by atoms with van der Waals surface area (Å²) in [6.07, 6.45) is 1.18. The topological polar surface area (TPSA) is 53.4 Å². The van der Waals surface area contributed by atoms with Crippen LogP contribution in [0.5, 0.6) is 0 Å². The van der Waals surface area contributed by atoms with E-state index in [-0.39, 0.29) is 19.0 Å². The molecule has 4 nitrogen and oxygen atoms in total. The van der Waals surface area contributed by atoms with Crippen LogP contribution < -0.4 is 0 Å². The number of amides is 1. The Morgan fingerprint density at radius 1 is 1.58 bits per heavy atom. The number of carbonyl (C=O) groups is 1. The average Bonchev–Trinajstić information content (AvgIpc) is 2.88. The number of pyridine rings is 1. The van der Waals surface area contributed by atoms with Crippen LogP contribution in [0.4, 0.5) is 8.78 Å². The van der Waals surface area contributed by atoms with Crippen LogP contribution in [0.15, 0.2) is 24.4 Å². The second-order valence-corrected chi connectivity index (χ2v) is 4.83. The van der Waals surface area contributed by atoms with E-state index in [1.54, 1.807) is 6.92 Å². The molecule has 2 rings (SSSR count). The van der Waals surface area contributed by atoms with Crippen molar-refractivity contribution < 1.29 is 18.7 Å². The molecule has 2 unspecified atom stereocenters. The van der Waals surface area contributed by atoms with Crippen molar-refractivity contribution in [2.75, 3.05) is 13.1 Å². The van der Waals surface area contributed by atoms with E-state index in [4.69, 9.17) is 0 Å². The second kappa shape index (κ2) is 5.21. The quantitative estimate of drug-likeness (QED) is 0.903. The number of aliphatic hydroxyl groups is 1. The Labute approximate surface area is 110 Å². The Bertz CT molecular complexity index is 451. The molecule has 1 aliphatic rings. The Hall–Kier alpha value is -1.56. The van der Waals surface area contributed by atoms with Crippen molar-refractivity contribution in [3.8, 4) is 0 Å². The second-order valence-electron chi connectivity index (χ2n) is 4.83. The van der Waals surface area contributed by atoms with Gasteiger partial charge in [0, 0.05) is 25.2 Å². The van der Waals surface area contributed by atoms with Gasteiger partial charge in [0.15, 0.2) is 0 Å². The summed E-state index contributed by atoms with van der Waals surface area (Å²) in [4.78, 5) is 16.5. The molecule has 1 saturated heterocycles. The first-order chi connectivity index (χ1) is 8.93. The maximum Gasteiger partial charge on any atom is 0.366 e. The minimum Gasteiger partial charge on any atom is -0.393 e. The summed E-state index contributed by atoms with van der Waals surface area (Å²) in [5.74, 6) is -4.99. The highest BCUT2D eigenvalue weighted by molar-refractivity contribution is 5.84. The molecule has 1 aromatic rings. The molecule has 1 N–H and O–H groups in total. The predicted molar refractivity (Wildman–Crippen MR) is 64.5 cm³/mol. The molecule has 2 atom stereocenters. The molecule has 1 amide bonds. The lowest BCUT2D eigenvalue weighted by atomic mass is 10.0. The van der Waals surface area contributed by atoms with Gasteiger partial charge in [0.05, 0.1) is 6.10 Å². The van der Waals surface area contributed by atoms with Crippen molar-refractivity contribution in [1.82, 2.24) is 9.88 Å². The molecule has 104 valence electrons. The van der Waals surface area contributed by atoms with Gasteiger partial charge in [0.2, 0.25) is 0 Å². The number of aromatic nitrogens is 1. The van der Waals surface area contributed by atoms with Crippen molar-refractivity contribution >= 4 is 5.91 Å². The van der Waals surface area contributed by atoms with E-state index in [2.05, 4.69) is 4.98 Å². The zero-order valence-corrected chi connectivity index (χ0v) is 10.6. The van der Waals surface area contributed by atoms with Gasteiger partial charge in [-0.3, -0.25) is 9.78 Å². The molecule has 6 heteroatoms. The fourth-order valence-electron chi connectivity index (χ4n) is 2.22. The molecule has 0 saturated carbocycles. The number of likely N-dealkylation sites (tertiary alicyclic amines) is 1. The van der Waals surface area contributed by atoms with Gasteiger partial charge in [-0.25, -0.2) is 0 Å². The van der Waals surface area contributed by atoms with Gasteiger partial charge in [-0.15, -0.1) is 0 Å². The highest BCUT2D eigenvalue weighted by Gasteiger charge is 2.47. The minimum absolute atomic E-state index is 0.136. The molecule has 0 aromatic carbocycles. The van der Waals surface area contributed by atoms with E-state index < -0.39 is 23.6 Å². The molecule has 1 aliphatic heterocycles. The molecule has 2 heterocycles. The molecule has 1 fully saturated rings. The van der Waals surface area contributed by atoms with Crippen molar-refractivity contribution in [2.24, 2.45) is 5.92 Å². The molecule has 0 aliphatic carbocycles. The van der Waals surface area contributed by atoms with Crippen molar-refractivity contribution in [3.05, 3.63) is 30.1 Å². The molecular formula is C13H16F2N2O2. The maximum absolute atomic E-state index is 14.0. The Balaban J connectivity index is 2.12. The lowest BCUT2D eigenvalue weighted by Gasteiger charge is -2.23. The van der Waals surface area contributed by atoms with Crippen LogP contribution in [0.25, 0.3) is 0 Å². The van der Waals surface area contributed by atoms with Gasteiger partial charge in [0.25, 0.3) is 5.91 Å². The lowest BCUT2D eigenvalue weighted by molar-refractivity contribution is -0.158. The highest BCUT2D eigenvalue weighted by atomic mass is 19.3. The first-order valence-corrected chi connectivity index (χ1v) is 6.19. The summed E-state index contributed by atoms with van der Waals surface area (Å²) in [7, 11) is 0.